The molecule has 2 aliphatic rings. The first-order valence-corrected chi connectivity index (χ1v) is 6.56. The van der Waals surface area contributed by atoms with Crippen LogP contribution in [0.1, 0.15) is 31.2 Å². The van der Waals surface area contributed by atoms with Gasteiger partial charge in [0.15, 0.2) is 11.5 Å². The van der Waals surface area contributed by atoms with Crippen molar-refractivity contribution in [2.45, 2.75) is 37.1 Å². The molecule has 3 rings (SSSR count). The zero-order valence-electron chi connectivity index (χ0n) is 10.6. The van der Waals surface area contributed by atoms with Crippen LogP contribution in [0.3, 0.4) is 0 Å². The molecule has 3 nitrogen and oxygen atoms in total. The number of para-hydroxylation sites is 1. The van der Waals surface area contributed by atoms with Crippen LogP contribution in [0, 0.1) is 0 Å². The summed E-state index contributed by atoms with van der Waals surface area (Å²) in [7, 11) is 0. The monoisotopic (exact) mass is 269 g/mol. The molecule has 1 aliphatic heterocycles. The highest BCUT2D eigenvalue weighted by molar-refractivity contribution is 5.50. The lowest BCUT2D eigenvalue weighted by molar-refractivity contribution is -0.0518. The van der Waals surface area contributed by atoms with Gasteiger partial charge in [-0.1, -0.05) is 12.1 Å². The largest absolute Gasteiger partial charge is 0.486 e. The Labute approximate surface area is 110 Å². The van der Waals surface area contributed by atoms with Crippen LogP contribution in [0.15, 0.2) is 18.2 Å². The normalized spacial score (nSPS) is 23.9. The van der Waals surface area contributed by atoms with E-state index in [1.54, 1.807) is 0 Å². The molecular formula is C14H17F2NO2. The number of benzene rings is 1. The molecule has 0 amide bonds. The van der Waals surface area contributed by atoms with E-state index in [9.17, 15) is 8.78 Å². The maximum Gasteiger partial charge on any atom is 0.248 e. The van der Waals surface area contributed by atoms with Crippen molar-refractivity contribution in [3.8, 4) is 11.5 Å². The Morgan fingerprint density at radius 2 is 1.68 bits per heavy atom. The van der Waals surface area contributed by atoms with E-state index in [2.05, 4.69) is 0 Å². The molecule has 0 atom stereocenters. The molecule has 104 valence electrons. The van der Waals surface area contributed by atoms with E-state index in [0.717, 1.165) is 5.56 Å². The van der Waals surface area contributed by atoms with Crippen molar-refractivity contribution in [1.82, 2.24) is 0 Å². The fourth-order valence-electron chi connectivity index (χ4n) is 2.80. The average molecular weight is 269 g/mol. The van der Waals surface area contributed by atoms with Gasteiger partial charge in [-0.05, 0) is 18.9 Å². The van der Waals surface area contributed by atoms with E-state index >= 15 is 0 Å². The molecule has 1 fully saturated rings. The molecule has 0 unspecified atom stereocenters. The molecule has 0 spiro atoms. The fraction of sp³-hybridized carbons (Fsp3) is 0.571. The molecule has 1 heterocycles. The Morgan fingerprint density at radius 1 is 1.00 bits per heavy atom. The molecule has 0 bridgehead atoms. The third-order valence-corrected chi connectivity index (χ3v) is 3.98. The van der Waals surface area contributed by atoms with Gasteiger partial charge in [0.25, 0.3) is 0 Å². The van der Waals surface area contributed by atoms with Gasteiger partial charge in [0.2, 0.25) is 5.92 Å². The maximum absolute atomic E-state index is 13.3. The second-order valence-electron chi connectivity index (χ2n) is 5.34. The first kappa shape index (κ1) is 12.7. The minimum Gasteiger partial charge on any atom is -0.486 e. The van der Waals surface area contributed by atoms with Crippen LogP contribution in [0.2, 0.25) is 0 Å². The number of hydrogen-bond acceptors (Lipinski definition) is 3. The highest BCUT2D eigenvalue weighted by atomic mass is 19.3. The first-order chi connectivity index (χ1) is 9.00. The molecule has 1 aromatic rings. The van der Waals surface area contributed by atoms with Crippen LogP contribution < -0.4 is 15.2 Å². The standard InChI is InChI=1S/C14H17F2NO2/c15-14(16)6-4-13(17,5-7-14)10-2-1-3-11-12(10)19-9-8-18-11/h1-3H,4-9,17H2. The van der Waals surface area contributed by atoms with E-state index in [4.69, 9.17) is 15.2 Å². The zero-order chi connectivity index (χ0) is 13.5. The van der Waals surface area contributed by atoms with Crippen LogP contribution in [0.4, 0.5) is 8.78 Å². The van der Waals surface area contributed by atoms with Crippen molar-refractivity contribution in [2.75, 3.05) is 13.2 Å². The van der Waals surface area contributed by atoms with E-state index in [0.29, 0.717) is 24.7 Å². The lowest BCUT2D eigenvalue weighted by Gasteiger charge is -2.39. The van der Waals surface area contributed by atoms with Crippen molar-refractivity contribution >= 4 is 0 Å². The lowest BCUT2D eigenvalue weighted by atomic mass is 9.75. The van der Waals surface area contributed by atoms with Gasteiger partial charge in [0.1, 0.15) is 13.2 Å². The molecule has 1 saturated carbocycles. The van der Waals surface area contributed by atoms with E-state index < -0.39 is 11.5 Å². The highest BCUT2D eigenvalue weighted by Crippen LogP contribution is 2.47. The van der Waals surface area contributed by atoms with Crippen LogP contribution in [0.5, 0.6) is 11.5 Å². The Hall–Kier alpha value is -1.36. The molecule has 5 heteroatoms. The summed E-state index contributed by atoms with van der Waals surface area (Å²) in [4.78, 5) is 0. The smallest absolute Gasteiger partial charge is 0.248 e. The first-order valence-electron chi connectivity index (χ1n) is 6.56. The van der Waals surface area contributed by atoms with Crippen molar-refractivity contribution in [1.29, 1.82) is 0 Å². The SMILES string of the molecule is NC1(c2cccc3c2OCCO3)CCC(F)(F)CC1. The Bertz CT molecular complexity index is 480. The molecular weight excluding hydrogens is 252 g/mol. The summed E-state index contributed by atoms with van der Waals surface area (Å²) in [6, 6.07) is 5.51. The second-order valence-corrected chi connectivity index (χ2v) is 5.34. The van der Waals surface area contributed by atoms with Gasteiger partial charge < -0.3 is 15.2 Å². The second kappa shape index (κ2) is 4.34. The predicted molar refractivity (Wildman–Crippen MR) is 66.7 cm³/mol. The number of rotatable bonds is 1. The van der Waals surface area contributed by atoms with Gasteiger partial charge in [-0.25, -0.2) is 8.78 Å². The van der Waals surface area contributed by atoms with Gasteiger partial charge in [-0.15, -0.1) is 0 Å². The number of halogens is 2. The number of alkyl halides is 2. The number of fused-ring (bicyclic) bond motifs is 1. The van der Waals surface area contributed by atoms with Crippen molar-refractivity contribution in [3.63, 3.8) is 0 Å². The summed E-state index contributed by atoms with van der Waals surface area (Å²) in [5, 5.41) is 0. The topological polar surface area (TPSA) is 44.5 Å². The minimum atomic E-state index is -2.59. The van der Waals surface area contributed by atoms with Crippen molar-refractivity contribution in [3.05, 3.63) is 23.8 Å². The summed E-state index contributed by atoms with van der Waals surface area (Å²) in [6.45, 7) is 0.975. The lowest BCUT2D eigenvalue weighted by Crippen LogP contribution is -2.44. The maximum atomic E-state index is 13.3. The third kappa shape index (κ3) is 2.27. The Kier molecular flexibility index (Phi) is 2.89. The molecule has 2 N–H and O–H groups in total. The van der Waals surface area contributed by atoms with Crippen molar-refractivity contribution < 1.29 is 18.3 Å². The van der Waals surface area contributed by atoms with E-state index in [1.807, 2.05) is 18.2 Å². The van der Waals surface area contributed by atoms with Crippen LogP contribution in [-0.2, 0) is 5.54 Å². The van der Waals surface area contributed by atoms with Gasteiger partial charge in [0, 0.05) is 23.9 Å². The average Bonchev–Trinajstić information content (AvgIpc) is 2.42. The molecule has 0 aromatic heterocycles. The molecule has 0 radical (unpaired) electrons. The zero-order valence-corrected chi connectivity index (χ0v) is 10.6. The molecule has 1 aromatic carbocycles. The molecule has 19 heavy (non-hydrogen) atoms. The third-order valence-electron chi connectivity index (χ3n) is 3.98. The summed E-state index contributed by atoms with van der Waals surface area (Å²) < 4.78 is 37.7. The van der Waals surface area contributed by atoms with Gasteiger partial charge >= 0.3 is 0 Å². The van der Waals surface area contributed by atoms with E-state index in [1.165, 1.54) is 0 Å². The minimum absolute atomic E-state index is 0.173. The summed E-state index contributed by atoms with van der Waals surface area (Å²) in [5.74, 6) is -1.30. The number of hydrogen-bond donors (Lipinski definition) is 1. The highest BCUT2D eigenvalue weighted by Gasteiger charge is 2.43. The number of ether oxygens (including phenoxy) is 2. The quantitative estimate of drug-likeness (QED) is 0.852. The Balaban J connectivity index is 1.94. The Morgan fingerprint density at radius 3 is 2.42 bits per heavy atom. The fourth-order valence-corrected chi connectivity index (χ4v) is 2.80. The van der Waals surface area contributed by atoms with Gasteiger partial charge in [-0.3, -0.25) is 0 Å². The van der Waals surface area contributed by atoms with Gasteiger partial charge in [-0.2, -0.15) is 0 Å². The van der Waals surface area contributed by atoms with Crippen LogP contribution in [0.25, 0.3) is 0 Å². The van der Waals surface area contributed by atoms with E-state index in [-0.39, 0.29) is 25.7 Å². The van der Waals surface area contributed by atoms with Crippen LogP contribution in [-0.4, -0.2) is 19.1 Å². The van der Waals surface area contributed by atoms with Gasteiger partial charge in [0.05, 0.1) is 0 Å². The molecule has 1 aliphatic carbocycles. The van der Waals surface area contributed by atoms with Crippen molar-refractivity contribution in [2.24, 2.45) is 5.73 Å². The summed E-state index contributed by atoms with van der Waals surface area (Å²) in [6.07, 6.45) is 0.182. The predicted octanol–water partition coefficient (Wildman–Crippen LogP) is 2.82. The summed E-state index contributed by atoms with van der Waals surface area (Å²) in [5.41, 5.74) is 6.41. The van der Waals surface area contributed by atoms with Crippen LogP contribution >= 0.6 is 0 Å². The molecule has 0 saturated heterocycles. The summed E-state index contributed by atoms with van der Waals surface area (Å²) >= 11 is 0. The number of nitrogens with two attached hydrogens (primary N) is 1.